The smallest absolute Gasteiger partial charge is 0.250 e. The summed E-state index contributed by atoms with van der Waals surface area (Å²) in [6, 6.07) is 13.4. The summed E-state index contributed by atoms with van der Waals surface area (Å²) in [6.45, 7) is 1.88. The summed E-state index contributed by atoms with van der Waals surface area (Å²) < 4.78 is 5.51. The van der Waals surface area contributed by atoms with Crippen molar-refractivity contribution in [1.82, 2.24) is 4.98 Å². The average Bonchev–Trinajstić information content (AvgIpc) is 3.15. The molecule has 110 valence electrons. The fourth-order valence-corrected chi connectivity index (χ4v) is 2.60. The van der Waals surface area contributed by atoms with Gasteiger partial charge in [0.25, 0.3) is 0 Å². The van der Waals surface area contributed by atoms with E-state index in [-0.39, 0.29) is 5.91 Å². The summed E-state index contributed by atoms with van der Waals surface area (Å²) in [5.74, 6) is 1.33. The Labute approximate surface area is 132 Å². The molecule has 0 aliphatic rings. The third kappa shape index (κ3) is 3.51. The van der Waals surface area contributed by atoms with E-state index in [9.17, 15) is 4.79 Å². The van der Waals surface area contributed by atoms with E-state index in [1.807, 2.05) is 54.8 Å². The van der Waals surface area contributed by atoms with Gasteiger partial charge in [0.2, 0.25) is 5.91 Å². The Bertz CT molecular complexity index is 803. The molecule has 0 aliphatic heterocycles. The predicted molar refractivity (Wildman–Crippen MR) is 88.7 cm³/mol. The van der Waals surface area contributed by atoms with Crippen LogP contribution in [0.3, 0.4) is 0 Å². The van der Waals surface area contributed by atoms with Crippen LogP contribution in [0.1, 0.15) is 11.3 Å². The van der Waals surface area contributed by atoms with Gasteiger partial charge < -0.3 is 4.42 Å². The average molecular weight is 310 g/mol. The van der Waals surface area contributed by atoms with E-state index in [1.165, 1.54) is 17.4 Å². The highest BCUT2D eigenvalue weighted by Gasteiger charge is 2.09. The number of aryl methyl sites for hydroxylation is 1. The summed E-state index contributed by atoms with van der Waals surface area (Å²) in [6.07, 6.45) is 3.26. The Morgan fingerprint density at radius 1 is 1.23 bits per heavy atom. The monoisotopic (exact) mass is 310 g/mol. The molecule has 1 amide bonds. The van der Waals surface area contributed by atoms with Crippen molar-refractivity contribution in [3.63, 3.8) is 0 Å². The van der Waals surface area contributed by atoms with E-state index in [1.54, 1.807) is 6.08 Å². The van der Waals surface area contributed by atoms with Crippen molar-refractivity contribution < 1.29 is 9.21 Å². The van der Waals surface area contributed by atoms with E-state index in [0.29, 0.717) is 10.9 Å². The van der Waals surface area contributed by atoms with Gasteiger partial charge in [-0.15, -0.1) is 11.3 Å². The molecule has 0 saturated carbocycles. The van der Waals surface area contributed by atoms with Crippen LogP contribution in [-0.2, 0) is 4.79 Å². The van der Waals surface area contributed by atoms with Gasteiger partial charge in [-0.2, -0.15) is 0 Å². The fraction of sp³-hybridized carbons (Fsp3) is 0.0588. The lowest BCUT2D eigenvalue weighted by Gasteiger charge is -1.96. The first-order valence-corrected chi connectivity index (χ1v) is 7.65. The van der Waals surface area contributed by atoms with Crippen LogP contribution in [-0.4, -0.2) is 10.9 Å². The number of nitrogens with one attached hydrogen (secondary N) is 1. The molecule has 5 heteroatoms. The number of furan rings is 1. The second-order valence-corrected chi connectivity index (χ2v) is 5.54. The van der Waals surface area contributed by atoms with Crippen LogP contribution in [0.4, 0.5) is 5.13 Å². The van der Waals surface area contributed by atoms with Gasteiger partial charge >= 0.3 is 0 Å². The van der Waals surface area contributed by atoms with E-state index >= 15 is 0 Å². The Hall–Kier alpha value is -2.66. The number of thiazole rings is 1. The van der Waals surface area contributed by atoms with Crippen LogP contribution in [0, 0.1) is 6.92 Å². The van der Waals surface area contributed by atoms with Gasteiger partial charge in [0, 0.05) is 11.5 Å². The second kappa shape index (κ2) is 6.41. The van der Waals surface area contributed by atoms with Crippen LogP contribution in [0.2, 0.25) is 0 Å². The molecule has 0 fully saturated rings. The molecule has 0 saturated heterocycles. The third-order valence-electron chi connectivity index (χ3n) is 2.95. The molecule has 2 aromatic heterocycles. The maximum Gasteiger partial charge on any atom is 0.250 e. The lowest BCUT2D eigenvalue weighted by Crippen LogP contribution is -2.07. The molecule has 0 aliphatic carbocycles. The molecule has 0 unspecified atom stereocenters. The Kier molecular flexibility index (Phi) is 4.16. The van der Waals surface area contributed by atoms with Crippen molar-refractivity contribution in [3.8, 4) is 11.5 Å². The minimum Gasteiger partial charge on any atom is -0.460 e. The second-order valence-electron chi connectivity index (χ2n) is 4.68. The molecular formula is C17H14N2O2S. The maximum atomic E-state index is 11.9. The van der Waals surface area contributed by atoms with Gasteiger partial charge in [0.15, 0.2) is 10.9 Å². The van der Waals surface area contributed by atoms with Crippen molar-refractivity contribution in [2.24, 2.45) is 0 Å². The summed E-state index contributed by atoms with van der Waals surface area (Å²) >= 11 is 1.37. The van der Waals surface area contributed by atoms with Crippen LogP contribution in [0.5, 0.6) is 0 Å². The molecule has 0 spiro atoms. The molecule has 4 nitrogen and oxygen atoms in total. The van der Waals surface area contributed by atoms with Gasteiger partial charge in [-0.3, -0.25) is 10.1 Å². The standard InChI is InChI=1S/C17H14N2O2S/c1-12-7-9-15(21-12)14-11-22-17(18-14)19-16(20)10-8-13-5-3-2-4-6-13/h2-11H,1H3,(H,18,19,20). The van der Waals surface area contributed by atoms with Crippen molar-refractivity contribution in [2.45, 2.75) is 6.92 Å². The summed E-state index contributed by atoms with van der Waals surface area (Å²) in [5.41, 5.74) is 1.70. The Morgan fingerprint density at radius 3 is 2.77 bits per heavy atom. The van der Waals surface area contributed by atoms with Crippen LogP contribution in [0.25, 0.3) is 17.5 Å². The molecule has 3 rings (SSSR count). The van der Waals surface area contributed by atoms with Crippen molar-refractivity contribution in [3.05, 3.63) is 65.2 Å². The lowest BCUT2D eigenvalue weighted by atomic mass is 10.2. The number of nitrogens with zero attached hydrogens (tertiary/aromatic N) is 1. The molecule has 2 heterocycles. The minimum absolute atomic E-state index is 0.208. The number of hydrogen-bond acceptors (Lipinski definition) is 4. The normalized spacial score (nSPS) is 11.0. The molecule has 1 aromatic carbocycles. The summed E-state index contributed by atoms with van der Waals surface area (Å²) in [7, 11) is 0. The highest BCUT2D eigenvalue weighted by molar-refractivity contribution is 7.14. The Morgan fingerprint density at radius 2 is 2.05 bits per heavy atom. The molecule has 3 aromatic rings. The van der Waals surface area contributed by atoms with Crippen molar-refractivity contribution in [1.29, 1.82) is 0 Å². The van der Waals surface area contributed by atoms with Crippen molar-refractivity contribution in [2.75, 3.05) is 5.32 Å². The highest BCUT2D eigenvalue weighted by atomic mass is 32.1. The fourth-order valence-electron chi connectivity index (χ4n) is 1.90. The number of carbonyl (C=O) groups excluding carboxylic acids is 1. The first-order chi connectivity index (χ1) is 10.7. The number of aromatic nitrogens is 1. The number of amides is 1. The van der Waals surface area contributed by atoms with Crippen LogP contribution >= 0.6 is 11.3 Å². The maximum absolute atomic E-state index is 11.9. The van der Waals surface area contributed by atoms with Gasteiger partial charge in [-0.05, 0) is 30.7 Å². The zero-order chi connectivity index (χ0) is 15.4. The predicted octanol–water partition coefficient (Wildman–Crippen LogP) is 4.36. The summed E-state index contributed by atoms with van der Waals surface area (Å²) in [4.78, 5) is 16.2. The Balaban J connectivity index is 1.65. The molecule has 0 atom stereocenters. The van der Waals surface area contributed by atoms with E-state index in [0.717, 1.165) is 17.0 Å². The first-order valence-electron chi connectivity index (χ1n) is 6.77. The molecular weight excluding hydrogens is 296 g/mol. The van der Waals surface area contributed by atoms with Gasteiger partial charge in [-0.25, -0.2) is 4.98 Å². The van der Waals surface area contributed by atoms with Gasteiger partial charge in [-0.1, -0.05) is 30.3 Å². The lowest BCUT2D eigenvalue weighted by molar-refractivity contribution is -0.111. The number of carbonyl (C=O) groups is 1. The minimum atomic E-state index is -0.208. The number of rotatable bonds is 4. The van der Waals surface area contributed by atoms with E-state index < -0.39 is 0 Å². The topological polar surface area (TPSA) is 55.1 Å². The van der Waals surface area contributed by atoms with Crippen LogP contribution in [0.15, 0.2) is 58.3 Å². The van der Waals surface area contributed by atoms with E-state index in [4.69, 9.17) is 4.42 Å². The largest absolute Gasteiger partial charge is 0.460 e. The van der Waals surface area contributed by atoms with Crippen LogP contribution < -0.4 is 5.32 Å². The van der Waals surface area contributed by atoms with E-state index in [2.05, 4.69) is 10.3 Å². The van der Waals surface area contributed by atoms with Crippen molar-refractivity contribution >= 4 is 28.5 Å². The molecule has 0 bridgehead atoms. The highest BCUT2D eigenvalue weighted by Crippen LogP contribution is 2.26. The quantitative estimate of drug-likeness (QED) is 0.728. The third-order valence-corrected chi connectivity index (χ3v) is 3.71. The number of benzene rings is 1. The number of anilines is 1. The molecule has 1 N–H and O–H groups in total. The molecule has 0 radical (unpaired) electrons. The first kappa shape index (κ1) is 14.3. The SMILES string of the molecule is Cc1ccc(-c2csc(NC(=O)C=Cc3ccccc3)n2)o1. The summed E-state index contributed by atoms with van der Waals surface area (Å²) in [5, 5.41) is 5.15. The zero-order valence-corrected chi connectivity index (χ0v) is 12.8. The van der Waals surface area contributed by atoms with Gasteiger partial charge in [0.05, 0.1) is 0 Å². The van der Waals surface area contributed by atoms with Gasteiger partial charge in [0.1, 0.15) is 11.5 Å². The molecule has 22 heavy (non-hydrogen) atoms. The number of hydrogen-bond donors (Lipinski definition) is 1. The zero-order valence-electron chi connectivity index (χ0n) is 11.9.